The van der Waals surface area contributed by atoms with Crippen molar-refractivity contribution in [2.75, 3.05) is 6.61 Å². The van der Waals surface area contributed by atoms with E-state index in [0.717, 1.165) is 17.0 Å². The number of pyridine rings is 1. The normalized spacial score (nSPS) is 23.4. The summed E-state index contributed by atoms with van der Waals surface area (Å²) in [6.45, 7) is -0.219. The highest BCUT2D eigenvalue weighted by Gasteiger charge is 2.69. The molecule has 6 nitrogen and oxygen atoms in total. The Kier molecular flexibility index (Phi) is 4.59. The fourth-order valence-electron chi connectivity index (χ4n) is 4.60. The number of nitrogens with one attached hydrogen (secondary N) is 2. The summed E-state index contributed by atoms with van der Waals surface area (Å²) in [6, 6.07) is 15.3. The first-order chi connectivity index (χ1) is 14.9. The number of amides is 2. The lowest BCUT2D eigenvalue weighted by molar-refractivity contribution is -0.141. The quantitative estimate of drug-likeness (QED) is 0.614. The molecule has 3 aliphatic carbocycles. The second kappa shape index (κ2) is 7.20. The molecule has 2 N–H and O–H groups in total. The van der Waals surface area contributed by atoms with E-state index < -0.39 is 5.82 Å². The Labute approximate surface area is 182 Å². The van der Waals surface area contributed by atoms with E-state index in [-0.39, 0.29) is 40.3 Å². The molecule has 0 atom stereocenters. The van der Waals surface area contributed by atoms with Crippen LogP contribution in [0.25, 0.3) is 10.9 Å². The van der Waals surface area contributed by atoms with Crippen LogP contribution in [-0.2, 0) is 4.79 Å². The first-order valence-corrected chi connectivity index (χ1v) is 10.3. The fraction of sp³-hybridized carbons (Fsp3) is 0.261. The van der Waals surface area contributed by atoms with Crippen LogP contribution in [0.1, 0.15) is 29.8 Å². The molecule has 6 rings (SSSR count). The summed E-state index contributed by atoms with van der Waals surface area (Å²) in [6.07, 6.45) is 2.00. The van der Waals surface area contributed by atoms with Crippen molar-refractivity contribution in [3.8, 4) is 5.75 Å². The van der Waals surface area contributed by atoms with Gasteiger partial charge in [-0.25, -0.2) is 9.37 Å². The van der Waals surface area contributed by atoms with E-state index in [0.29, 0.717) is 25.0 Å². The smallest absolute Gasteiger partial charge is 0.270 e. The molecule has 0 unspecified atom stereocenters. The van der Waals surface area contributed by atoms with Crippen LogP contribution in [0.3, 0.4) is 0 Å². The molecule has 0 saturated heterocycles. The van der Waals surface area contributed by atoms with Crippen LogP contribution >= 0.6 is 11.6 Å². The third-order valence-corrected chi connectivity index (χ3v) is 6.21. The molecule has 158 valence electrons. The van der Waals surface area contributed by atoms with Crippen LogP contribution in [0.5, 0.6) is 5.75 Å². The van der Waals surface area contributed by atoms with Gasteiger partial charge < -0.3 is 15.4 Å². The van der Waals surface area contributed by atoms with Crippen molar-refractivity contribution in [3.63, 3.8) is 0 Å². The maximum atomic E-state index is 13.4. The lowest BCUT2D eigenvalue weighted by Crippen LogP contribution is -2.84. The number of carbonyl (C=O) groups is 2. The van der Waals surface area contributed by atoms with Crippen molar-refractivity contribution in [1.82, 2.24) is 15.6 Å². The van der Waals surface area contributed by atoms with Gasteiger partial charge in [-0.15, -0.1) is 0 Å². The van der Waals surface area contributed by atoms with E-state index in [2.05, 4.69) is 15.6 Å². The molecular formula is C23H19ClFN3O3. The number of hydrogen-bond acceptors (Lipinski definition) is 4. The Bertz CT molecular complexity index is 1200. The molecule has 3 saturated carbocycles. The number of aromatic nitrogens is 1. The summed E-state index contributed by atoms with van der Waals surface area (Å²) in [4.78, 5) is 29.3. The van der Waals surface area contributed by atoms with Crippen molar-refractivity contribution in [3.05, 3.63) is 71.1 Å². The second-order valence-electron chi connectivity index (χ2n) is 8.35. The van der Waals surface area contributed by atoms with Gasteiger partial charge in [0, 0.05) is 22.5 Å². The van der Waals surface area contributed by atoms with Crippen molar-refractivity contribution >= 4 is 34.3 Å². The number of nitrogens with zero attached hydrogens (tertiary/aromatic N) is 1. The number of benzene rings is 2. The fourth-order valence-corrected chi connectivity index (χ4v) is 4.72. The van der Waals surface area contributed by atoms with E-state index in [1.165, 1.54) is 12.1 Å². The van der Waals surface area contributed by atoms with Crippen LogP contribution in [0.4, 0.5) is 4.39 Å². The highest BCUT2D eigenvalue weighted by Crippen LogP contribution is 2.60. The van der Waals surface area contributed by atoms with Crippen LogP contribution in [0, 0.1) is 5.82 Å². The summed E-state index contributed by atoms with van der Waals surface area (Å²) in [7, 11) is 0. The SMILES string of the molecule is O=C(COc1ccc(Cl)c(F)c1)NC12CC(NC(=O)c3ccc4ccccc4n3)(C1)C2. The molecule has 3 aromatic rings. The van der Waals surface area contributed by atoms with E-state index in [1.54, 1.807) is 6.07 Å². The Morgan fingerprint density at radius 3 is 2.55 bits per heavy atom. The van der Waals surface area contributed by atoms with Gasteiger partial charge in [-0.3, -0.25) is 9.59 Å². The van der Waals surface area contributed by atoms with E-state index >= 15 is 0 Å². The number of halogens is 2. The van der Waals surface area contributed by atoms with Crippen molar-refractivity contribution in [2.24, 2.45) is 0 Å². The predicted molar refractivity (Wildman–Crippen MR) is 114 cm³/mol. The number of ether oxygens (including phenoxy) is 1. The monoisotopic (exact) mass is 439 g/mol. The van der Waals surface area contributed by atoms with Gasteiger partial charge >= 0.3 is 0 Å². The highest BCUT2D eigenvalue weighted by molar-refractivity contribution is 6.30. The molecule has 0 spiro atoms. The summed E-state index contributed by atoms with van der Waals surface area (Å²) in [5.41, 5.74) is 0.551. The molecule has 0 aliphatic heterocycles. The number of hydrogen-bond donors (Lipinski definition) is 2. The van der Waals surface area contributed by atoms with Crippen molar-refractivity contribution in [2.45, 2.75) is 30.3 Å². The van der Waals surface area contributed by atoms with Crippen molar-refractivity contribution < 1.29 is 18.7 Å². The maximum absolute atomic E-state index is 13.4. The van der Waals surface area contributed by atoms with Crippen LogP contribution in [-0.4, -0.2) is 34.5 Å². The zero-order chi connectivity index (χ0) is 21.6. The summed E-state index contributed by atoms with van der Waals surface area (Å²) >= 11 is 5.63. The third-order valence-electron chi connectivity index (χ3n) is 5.91. The maximum Gasteiger partial charge on any atom is 0.270 e. The van der Waals surface area contributed by atoms with Gasteiger partial charge in [-0.1, -0.05) is 35.9 Å². The first kappa shape index (κ1) is 19.8. The number of fused-ring (bicyclic) bond motifs is 1. The number of rotatable bonds is 6. The molecule has 2 bridgehead atoms. The molecule has 3 aliphatic rings. The standard InChI is InChI=1S/C23H19ClFN3O3/c24-16-7-6-15(9-17(16)25)31-10-20(29)27-22-11-23(12-22,13-22)28-21(30)19-8-5-14-3-1-2-4-18(14)26-19/h1-9H,10-13H2,(H,27,29)(H,28,30). The molecule has 1 heterocycles. The lowest BCUT2D eigenvalue weighted by Gasteiger charge is -2.70. The second-order valence-corrected chi connectivity index (χ2v) is 8.75. The van der Waals surface area contributed by atoms with Gasteiger partial charge in [0.15, 0.2) is 6.61 Å². The number of carbonyl (C=O) groups excluding carboxylic acids is 2. The minimum atomic E-state index is -0.599. The molecule has 0 radical (unpaired) electrons. The van der Waals surface area contributed by atoms with E-state index in [9.17, 15) is 14.0 Å². The Morgan fingerprint density at radius 2 is 1.77 bits per heavy atom. The molecule has 2 aromatic carbocycles. The largest absolute Gasteiger partial charge is 0.484 e. The summed E-state index contributed by atoms with van der Waals surface area (Å²) in [5, 5.41) is 7.01. The van der Waals surface area contributed by atoms with E-state index in [1.807, 2.05) is 30.3 Å². The average Bonchev–Trinajstić information content (AvgIpc) is 2.71. The molecule has 2 amide bonds. The van der Waals surface area contributed by atoms with Gasteiger partial charge in [0.2, 0.25) is 0 Å². The van der Waals surface area contributed by atoms with Gasteiger partial charge in [0.25, 0.3) is 11.8 Å². The predicted octanol–water partition coefficient (Wildman–Crippen LogP) is 3.63. The molecule has 31 heavy (non-hydrogen) atoms. The van der Waals surface area contributed by atoms with Gasteiger partial charge in [0.05, 0.1) is 10.5 Å². The van der Waals surface area contributed by atoms with Crippen LogP contribution < -0.4 is 15.4 Å². The van der Waals surface area contributed by atoms with Gasteiger partial charge in [-0.2, -0.15) is 0 Å². The Morgan fingerprint density at radius 1 is 1.03 bits per heavy atom. The van der Waals surface area contributed by atoms with Crippen LogP contribution in [0.2, 0.25) is 5.02 Å². The minimum Gasteiger partial charge on any atom is -0.484 e. The zero-order valence-corrected chi connectivity index (χ0v) is 17.2. The van der Waals surface area contributed by atoms with Gasteiger partial charge in [-0.05, 0) is 43.5 Å². The zero-order valence-electron chi connectivity index (χ0n) is 16.5. The summed E-state index contributed by atoms with van der Waals surface area (Å²) < 4.78 is 18.8. The Hall–Kier alpha value is -3.19. The molecule has 3 fully saturated rings. The topological polar surface area (TPSA) is 80.3 Å². The third kappa shape index (κ3) is 3.70. The highest BCUT2D eigenvalue weighted by atomic mass is 35.5. The lowest BCUT2D eigenvalue weighted by atomic mass is 9.44. The Balaban J connectivity index is 1.12. The molecule has 1 aromatic heterocycles. The summed E-state index contributed by atoms with van der Waals surface area (Å²) in [5.74, 6) is -0.858. The molecular weight excluding hydrogens is 421 g/mol. The molecule has 8 heteroatoms. The van der Waals surface area contributed by atoms with Crippen LogP contribution in [0.15, 0.2) is 54.6 Å². The minimum absolute atomic E-state index is 0.00287. The first-order valence-electron chi connectivity index (χ1n) is 9.93. The average molecular weight is 440 g/mol. The van der Waals surface area contributed by atoms with Gasteiger partial charge in [0.1, 0.15) is 17.3 Å². The van der Waals surface area contributed by atoms with E-state index in [4.69, 9.17) is 16.3 Å². The van der Waals surface area contributed by atoms with Crippen molar-refractivity contribution in [1.29, 1.82) is 0 Å². The number of para-hydroxylation sites is 1.